The summed E-state index contributed by atoms with van der Waals surface area (Å²) in [7, 11) is 0. The second-order valence-corrected chi connectivity index (χ2v) is 10.0. The maximum Gasteiger partial charge on any atom is 0.224 e. The van der Waals surface area contributed by atoms with E-state index in [9.17, 15) is 10.4 Å². The van der Waals surface area contributed by atoms with E-state index in [1.54, 1.807) is 6.20 Å². The SMILES string of the molecule is CC1(C)C[C@H](Nc2nc(NCCc3ccc(OC4CCCC4)cc3)ncc2C#N)CC[C@@H]1O. The van der Waals surface area contributed by atoms with Crippen LogP contribution in [0.4, 0.5) is 11.8 Å². The molecule has 2 atom stereocenters. The molecule has 7 heteroatoms. The molecule has 176 valence electrons. The zero-order chi connectivity index (χ0) is 23.3. The van der Waals surface area contributed by atoms with Crippen LogP contribution in [0.1, 0.15) is 69.9 Å². The molecule has 2 aromatic rings. The number of benzene rings is 1. The summed E-state index contributed by atoms with van der Waals surface area (Å²) < 4.78 is 6.04. The van der Waals surface area contributed by atoms with E-state index in [2.05, 4.69) is 64.8 Å². The number of ether oxygens (including phenoxy) is 1. The van der Waals surface area contributed by atoms with Gasteiger partial charge in [0.05, 0.1) is 18.4 Å². The molecule has 2 fully saturated rings. The van der Waals surface area contributed by atoms with Gasteiger partial charge in [-0.25, -0.2) is 4.98 Å². The van der Waals surface area contributed by atoms with Gasteiger partial charge in [0, 0.05) is 12.6 Å². The maximum atomic E-state index is 10.2. The molecule has 0 aliphatic heterocycles. The van der Waals surface area contributed by atoms with Gasteiger partial charge in [-0.05, 0) is 74.5 Å². The first-order valence-electron chi connectivity index (χ1n) is 12.1. The summed E-state index contributed by atoms with van der Waals surface area (Å²) in [6.45, 7) is 4.85. The third-order valence-electron chi connectivity index (χ3n) is 6.94. The van der Waals surface area contributed by atoms with Crippen LogP contribution in [0, 0.1) is 16.7 Å². The molecule has 0 saturated heterocycles. The van der Waals surface area contributed by atoms with Crippen LogP contribution < -0.4 is 15.4 Å². The van der Waals surface area contributed by atoms with E-state index < -0.39 is 0 Å². The Morgan fingerprint density at radius 1 is 1.15 bits per heavy atom. The van der Waals surface area contributed by atoms with Gasteiger partial charge in [0.1, 0.15) is 23.2 Å². The van der Waals surface area contributed by atoms with E-state index >= 15 is 0 Å². The molecule has 3 N–H and O–H groups in total. The Morgan fingerprint density at radius 3 is 2.61 bits per heavy atom. The Hall–Kier alpha value is -2.85. The van der Waals surface area contributed by atoms with Crippen molar-refractivity contribution in [2.75, 3.05) is 17.2 Å². The second kappa shape index (κ2) is 10.4. The van der Waals surface area contributed by atoms with Gasteiger partial charge < -0.3 is 20.5 Å². The number of aromatic nitrogens is 2. The predicted octanol–water partition coefficient (Wildman–Crippen LogP) is 4.68. The number of rotatable bonds is 8. The van der Waals surface area contributed by atoms with Gasteiger partial charge in [0.15, 0.2) is 0 Å². The Kier molecular flexibility index (Phi) is 7.34. The molecule has 0 radical (unpaired) electrons. The highest BCUT2D eigenvalue weighted by Crippen LogP contribution is 2.37. The van der Waals surface area contributed by atoms with Gasteiger partial charge in [-0.3, -0.25) is 0 Å². The molecular weight excluding hydrogens is 414 g/mol. The van der Waals surface area contributed by atoms with E-state index in [0.717, 1.165) is 44.3 Å². The summed E-state index contributed by atoms with van der Waals surface area (Å²) >= 11 is 0. The van der Waals surface area contributed by atoms with Crippen LogP contribution in [-0.4, -0.2) is 39.9 Å². The van der Waals surface area contributed by atoms with Crippen molar-refractivity contribution in [2.45, 2.75) is 83.5 Å². The van der Waals surface area contributed by atoms with Gasteiger partial charge in [-0.1, -0.05) is 26.0 Å². The summed E-state index contributed by atoms with van der Waals surface area (Å²) in [5, 5.41) is 26.4. The molecule has 7 nitrogen and oxygen atoms in total. The number of hydrogen-bond acceptors (Lipinski definition) is 7. The van der Waals surface area contributed by atoms with Gasteiger partial charge in [0.2, 0.25) is 5.95 Å². The molecule has 0 spiro atoms. The van der Waals surface area contributed by atoms with Crippen molar-refractivity contribution in [1.29, 1.82) is 5.26 Å². The summed E-state index contributed by atoms with van der Waals surface area (Å²) in [6, 6.07) is 10.7. The first-order chi connectivity index (χ1) is 15.9. The monoisotopic (exact) mass is 449 g/mol. The lowest BCUT2D eigenvalue weighted by atomic mass is 9.73. The minimum atomic E-state index is -0.294. The average molecular weight is 450 g/mol. The van der Waals surface area contributed by atoms with E-state index in [0.29, 0.717) is 30.0 Å². The van der Waals surface area contributed by atoms with E-state index in [1.807, 2.05) is 0 Å². The molecule has 1 aromatic carbocycles. The molecule has 2 aliphatic carbocycles. The van der Waals surface area contributed by atoms with Gasteiger partial charge in [-0.15, -0.1) is 0 Å². The van der Waals surface area contributed by atoms with Crippen LogP contribution in [0.15, 0.2) is 30.5 Å². The Labute approximate surface area is 196 Å². The first kappa shape index (κ1) is 23.3. The topological polar surface area (TPSA) is 103 Å². The number of aliphatic hydroxyl groups is 1. The molecule has 0 bridgehead atoms. The fraction of sp³-hybridized carbons (Fsp3) is 0.577. The minimum Gasteiger partial charge on any atom is -0.490 e. The smallest absolute Gasteiger partial charge is 0.224 e. The van der Waals surface area contributed by atoms with Crippen LogP contribution >= 0.6 is 0 Å². The zero-order valence-corrected chi connectivity index (χ0v) is 19.7. The van der Waals surface area contributed by atoms with E-state index in [4.69, 9.17) is 4.74 Å². The number of aliphatic hydroxyl groups excluding tert-OH is 1. The Morgan fingerprint density at radius 2 is 1.91 bits per heavy atom. The average Bonchev–Trinajstić information content (AvgIpc) is 3.31. The quantitative estimate of drug-likeness (QED) is 0.538. The van der Waals surface area contributed by atoms with Gasteiger partial charge >= 0.3 is 0 Å². The zero-order valence-electron chi connectivity index (χ0n) is 19.7. The van der Waals surface area contributed by atoms with Crippen molar-refractivity contribution >= 4 is 11.8 Å². The van der Waals surface area contributed by atoms with Crippen molar-refractivity contribution in [3.63, 3.8) is 0 Å². The normalized spacial score (nSPS) is 22.5. The Bertz CT molecular complexity index is 964. The third-order valence-corrected chi connectivity index (χ3v) is 6.94. The first-order valence-corrected chi connectivity index (χ1v) is 12.1. The molecular formula is C26H35N5O2. The van der Waals surface area contributed by atoms with Crippen LogP contribution in [0.5, 0.6) is 5.75 Å². The molecule has 4 rings (SSSR count). The van der Waals surface area contributed by atoms with Crippen molar-refractivity contribution in [1.82, 2.24) is 9.97 Å². The summed E-state index contributed by atoms with van der Waals surface area (Å²) in [6.07, 6.45) is 9.76. The number of hydrogen-bond donors (Lipinski definition) is 3. The summed E-state index contributed by atoms with van der Waals surface area (Å²) in [4.78, 5) is 8.87. The standard InChI is InChI=1S/C26H35N5O2/c1-26(2)15-20(9-12-23(26)32)30-24-19(16-27)17-29-25(31-24)28-14-13-18-7-10-22(11-8-18)33-21-5-3-4-6-21/h7-8,10-11,17,20-21,23,32H,3-6,9,12-15H2,1-2H3,(H2,28,29,30,31)/t20-,23+/m1/s1. The fourth-order valence-electron chi connectivity index (χ4n) is 4.85. The highest BCUT2D eigenvalue weighted by atomic mass is 16.5. The van der Waals surface area contributed by atoms with Crippen molar-refractivity contribution < 1.29 is 9.84 Å². The lowest BCUT2D eigenvalue weighted by molar-refractivity contribution is 0.00926. The molecule has 33 heavy (non-hydrogen) atoms. The minimum absolute atomic E-state index is 0.158. The lowest BCUT2D eigenvalue weighted by Crippen LogP contribution is -2.41. The van der Waals surface area contributed by atoms with E-state index in [-0.39, 0.29) is 17.6 Å². The fourth-order valence-corrected chi connectivity index (χ4v) is 4.85. The molecule has 2 saturated carbocycles. The second-order valence-electron chi connectivity index (χ2n) is 10.0. The molecule has 1 aromatic heterocycles. The van der Waals surface area contributed by atoms with Gasteiger partial charge in [0.25, 0.3) is 0 Å². The predicted molar refractivity (Wildman–Crippen MR) is 129 cm³/mol. The lowest BCUT2D eigenvalue weighted by Gasteiger charge is -2.40. The number of nitrogens with one attached hydrogen (secondary N) is 2. The highest BCUT2D eigenvalue weighted by Gasteiger charge is 2.35. The van der Waals surface area contributed by atoms with Crippen LogP contribution in [0.3, 0.4) is 0 Å². The Balaban J connectivity index is 1.31. The molecule has 0 unspecified atom stereocenters. The summed E-state index contributed by atoms with van der Waals surface area (Å²) in [5.74, 6) is 2.01. The van der Waals surface area contributed by atoms with Crippen molar-refractivity contribution in [3.05, 3.63) is 41.6 Å². The van der Waals surface area contributed by atoms with Crippen LogP contribution in [0.2, 0.25) is 0 Å². The third kappa shape index (κ3) is 6.14. The molecule has 0 amide bonds. The highest BCUT2D eigenvalue weighted by molar-refractivity contribution is 5.54. The van der Waals surface area contributed by atoms with Crippen molar-refractivity contribution in [3.8, 4) is 11.8 Å². The van der Waals surface area contributed by atoms with Gasteiger partial charge in [-0.2, -0.15) is 10.2 Å². The van der Waals surface area contributed by atoms with Crippen LogP contribution in [0.25, 0.3) is 0 Å². The number of nitrogens with zero attached hydrogens (tertiary/aromatic N) is 3. The maximum absolute atomic E-state index is 10.2. The molecule has 1 heterocycles. The number of nitriles is 1. The van der Waals surface area contributed by atoms with Crippen molar-refractivity contribution in [2.24, 2.45) is 5.41 Å². The van der Waals surface area contributed by atoms with E-state index in [1.165, 1.54) is 18.4 Å². The largest absolute Gasteiger partial charge is 0.490 e. The molecule has 2 aliphatic rings. The van der Waals surface area contributed by atoms with Crippen LogP contribution in [-0.2, 0) is 6.42 Å². The summed E-state index contributed by atoms with van der Waals surface area (Å²) in [5.41, 5.74) is 1.49. The number of anilines is 2.